The third kappa shape index (κ3) is 4.34. The normalized spacial score (nSPS) is 11.8. The topological polar surface area (TPSA) is 69.0 Å². The van der Waals surface area contributed by atoms with Gasteiger partial charge in [-0.25, -0.2) is 8.42 Å². The van der Waals surface area contributed by atoms with Gasteiger partial charge in [-0.1, -0.05) is 0 Å². The Hall–Kier alpha value is -1.83. The van der Waals surface area contributed by atoms with Crippen molar-refractivity contribution < 1.29 is 22.3 Å². The van der Waals surface area contributed by atoms with Crippen LogP contribution < -0.4 is 4.74 Å². The molecule has 23 heavy (non-hydrogen) atoms. The van der Waals surface area contributed by atoms with Crippen LogP contribution in [0.25, 0.3) is 0 Å². The highest BCUT2D eigenvalue weighted by Crippen LogP contribution is 2.21. The summed E-state index contributed by atoms with van der Waals surface area (Å²) in [5.41, 5.74) is 0. The Morgan fingerprint density at radius 3 is 2.30 bits per heavy atom. The molecule has 0 saturated carbocycles. The van der Waals surface area contributed by atoms with E-state index < -0.39 is 10.0 Å². The van der Waals surface area contributed by atoms with Crippen molar-refractivity contribution in [3.63, 3.8) is 0 Å². The molecule has 6 nitrogen and oxygen atoms in total. The van der Waals surface area contributed by atoms with E-state index in [-0.39, 0.29) is 18.0 Å². The van der Waals surface area contributed by atoms with Gasteiger partial charge >= 0.3 is 0 Å². The van der Waals surface area contributed by atoms with E-state index in [1.165, 1.54) is 30.7 Å². The zero-order valence-corrected chi connectivity index (χ0v) is 14.3. The number of aryl methyl sites for hydroxylation is 1. The van der Waals surface area contributed by atoms with Crippen molar-refractivity contribution >= 4 is 10.0 Å². The molecule has 126 valence electrons. The average molecular weight is 339 g/mol. The summed E-state index contributed by atoms with van der Waals surface area (Å²) in [7, 11) is -0.577. The lowest BCUT2D eigenvalue weighted by Crippen LogP contribution is -2.33. The third-order valence-corrected chi connectivity index (χ3v) is 5.23. The summed E-state index contributed by atoms with van der Waals surface area (Å²) < 4.78 is 42.6. The van der Waals surface area contributed by atoms with Crippen molar-refractivity contribution in [2.75, 3.05) is 27.4 Å². The van der Waals surface area contributed by atoms with Crippen LogP contribution in [0.3, 0.4) is 0 Å². The van der Waals surface area contributed by atoms with Crippen LogP contribution >= 0.6 is 0 Å². The molecule has 0 unspecified atom stereocenters. The third-order valence-electron chi connectivity index (χ3n) is 3.37. The number of sulfonamides is 1. The van der Waals surface area contributed by atoms with Crippen LogP contribution in [-0.4, -0.2) is 40.1 Å². The molecule has 0 saturated heterocycles. The number of hydrogen-bond donors (Lipinski definition) is 0. The van der Waals surface area contributed by atoms with E-state index in [1.54, 1.807) is 18.2 Å². The Morgan fingerprint density at radius 1 is 1.09 bits per heavy atom. The molecular weight excluding hydrogens is 318 g/mol. The monoisotopic (exact) mass is 339 g/mol. The number of hydrogen-bond acceptors (Lipinski definition) is 5. The van der Waals surface area contributed by atoms with Crippen LogP contribution in [0.5, 0.6) is 5.75 Å². The Balaban J connectivity index is 2.27. The number of furan rings is 1. The zero-order valence-electron chi connectivity index (χ0n) is 13.5. The predicted molar refractivity (Wildman–Crippen MR) is 85.9 cm³/mol. The molecule has 0 aliphatic carbocycles. The predicted octanol–water partition coefficient (Wildman–Crippen LogP) is 2.43. The molecule has 2 aromatic rings. The fraction of sp³-hybridized carbons (Fsp3) is 0.375. The second kappa shape index (κ2) is 7.63. The van der Waals surface area contributed by atoms with E-state index >= 15 is 0 Å². The SMILES string of the molecule is COCCN(Cc1ccc(C)o1)S(=O)(=O)c1ccc(OC)cc1. The summed E-state index contributed by atoms with van der Waals surface area (Å²) in [6, 6.07) is 9.89. The largest absolute Gasteiger partial charge is 0.497 e. The molecule has 1 aromatic carbocycles. The maximum atomic E-state index is 12.8. The molecule has 0 fully saturated rings. The van der Waals surface area contributed by atoms with Crippen molar-refractivity contribution in [2.45, 2.75) is 18.4 Å². The van der Waals surface area contributed by atoms with Gasteiger partial charge in [0.15, 0.2) is 0 Å². The first-order valence-corrected chi connectivity index (χ1v) is 8.60. The van der Waals surface area contributed by atoms with Crippen LogP contribution in [-0.2, 0) is 21.3 Å². The molecule has 0 radical (unpaired) electrons. The Bertz CT molecular complexity index is 721. The summed E-state index contributed by atoms with van der Waals surface area (Å²) in [5.74, 6) is 1.94. The van der Waals surface area contributed by atoms with Gasteiger partial charge in [0, 0.05) is 13.7 Å². The lowest BCUT2D eigenvalue weighted by atomic mass is 10.3. The Morgan fingerprint density at radius 2 is 1.78 bits per heavy atom. The fourth-order valence-corrected chi connectivity index (χ4v) is 3.51. The summed E-state index contributed by atoms with van der Waals surface area (Å²) in [4.78, 5) is 0.206. The van der Waals surface area contributed by atoms with Crippen molar-refractivity contribution in [1.82, 2.24) is 4.31 Å². The first-order valence-electron chi connectivity index (χ1n) is 7.16. The lowest BCUT2D eigenvalue weighted by Gasteiger charge is -2.21. The first kappa shape index (κ1) is 17.5. The van der Waals surface area contributed by atoms with Gasteiger partial charge in [0.25, 0.3) is 0 Å². The highest BCUT2D eigenvalue weighted by atomic mass is 32.2. The highest BCUT2D eigenvalue weighted by molar-refractivity contribution is 7.89. The number of methoxy groups -OCH3 is 2. The van der Waals surface area contributed by atoms with E-state index in [0.717, 1.165) is 5.76 Å². The molecule has 0 aliphatic heterocycles. The second-order valence-electron chi connectivity index (χ2n) is 5.02. The maximum Gasteiger partial charge on any atom is 0.243 e. The maximum absolute atomic E-state index is 12.8. The minimum Gasteiger partial charge on any atom is -0.497 e. The van der Waals surface area contributed by atoms with E-state index in [2.05, 4.69) is 0 Å². The molecule has 1 aromatic heterocycles. The van der Waals surface area contributed by atoms with Crippen LogP contribution in [0.15, 0.2) is 45.7 Å². The average Bonchev–Trinajstić information content (AvgIpc) is 2.96. The molecule has 0 spiro atoms. The summed E-state index contributed by atoms with van der Waals surface area (Å²) in [6.45, 7) is 2.52. The molecule has 0 aliphatic rings. The van der Waals surface area contributed by atoms with Gasteiger partial charge in [0.05, 0.1) is 25.2 Å². The van der Waals surface area contributed by atoms with Gasteiger partial charge < -0.3 is 13.9 Å². The van der Waals surface area contributed by atoms with Crippen LogP contribution in [0, 0.1) is 6.92 Å². The van der Waals surface area contributed by atoms with Crippen molar-refractivity contribution in [1.29, 1.82) is 0 Å². The van der Waals surface area contributed by atoms with Gasteiger partial charge in [-0.05, 0) is 43.3 Å². The first-order chi connectivity index (χ1) is 11.0. The number of nitrogens with zero attached hydrogens (tertiary/aromatic N) is 1. The van der Waals surface area contributed by atoms with Gasteiger partial charge in [0.1, 0.15) is 17.3 Å². The van der Waals surface area contributed by atoms with Gasteiger partial charge in [0.2, 0.25) is 10.0 Å². The molecular formula is C16H21NO5S. The second-order valence-corrected chi connectivity index (χ2v) is 6.96. The van der Waals surface area contributed by atoms with Crippen molar-refractivity contribution in [3.8, 4) is 5.75 Å². The lowest BCUT2D eigenvalue weighted by molar-refractivity contribution is 0.175. The van der Waals surface area contributed by atoms with Crippen LogP contribution in [0.1, 0.15) is 11.5 Å². The van der Waals surface area contributed by atoms with E-state index in [9.17, 15) is 8.42 Å². The summed E-state index contributed by atoms with van der Waals surface area (Å²) in [6.07, 6.45) is 0. The molecule has 1 heterocycles. The van der Waals surface area contributed by atoms with Crippen molar-refractivity contribution in [2.24, 2.45) is 0 Å². The molecule has 0 bridgehead atoms. The molecule has 7 heteroatoms. The standard InChI is InChI=1S/C16H21NO5S/c1-13-4-5-15(22-13)12-17(10-11-20-2)23(18,19)16-8-6-14(21-3)7-9-16/h4-9H,10-12H2,1-3H3. The number of rotatable bonds is 8. The zero-order chi connectivity index (χ0) is 16.9. The van der Waals surface area contributed by atoms with Gasteiger partial charge in [-0.3, -0.25) is 0 Å². The smallest absolute Gasteiger partial charge is 0.243 e. The van der Waals surface area contributed by atoms with Crippen LogP contribution in [0.4, 0.5) is 0 Å². The Kier molecular flexibility index (Phi) is 5.81. The highest BCUT2D eigenvalue weighted by Gasteiger charge is 2.25. The summed E-state index contributed by atoms with van der Waals surface area (Å²) >= 11 is 0. The molecule has 2 rings (SSSR count). The van der Waals surface area contributed by atoms with E-state index in [0.29, 0.717) is 18.1 Å². The quantitative estimate of drug-likeness (QED) is 0.739. The summed E-state index contributed by atoms with van der Waals surface area (Å²) in [5, 5.41) is 0. The molecule has 0 atom stereocenters. The fourth-order valence-electron chi connectivity index (χ4n) is 2.12. The van der Waals surface area contributed by atoms with Gasteiger partial charge in [-0.2, -0.15) is 4.31 Å². The molecule has 0 amide bonds. The number of ether oxygens (including phenoxy) is 2. The van der Waals surface area contributed by atoms with E-state index in [4.69, 9.17) is 13.9 Å². The minimum absolute atomic E-state index is 0.158. The Labute approximate surface area is 136 Å². The van der Waals surface area contributed by atoms with Crippen molar-refractivity contribution in [3.05, 3.63) is 47.9 Å². The number of benzene rings is 1. The minimum atomic E-state index is -3.65. The van der Waals surface area contributed by atoms with Gasteiger partial charge in [-0.15, -0.1) is 0 Å². The molecule has 0 N–H and O–H groups in total. The van der Waals surface area contributed by atoms with E-state index in [1.807, 2.05) is 13.0 Å². The van der Waals surface area contributed by atoms with Crippen LogP contribution in [0.2, 0.25) is 0 Å².